The molecule has 0 saturated heterocycles. The van der Waals surface area contributed by atoms with Gasteiger partial charge in [-0.25, -0.2) is 9.79 Å². The number of carboxylic acid groups (broad SMARTS) is 1. The highest BCUT2D eigenvalue weighted by molar-refractivity contribution is 6.02. The molecule has 0 spiro atoms. The average molecular weight is 308 g/mol. The number of nitrogens with two attached hydrogens (primary N) is 1. The summed E-state index contributed by atoms with van der Waals surface area (Å²) >= 11 is 0. The Morgan fingerprint density at radius 1 is 1.22 bits per heavy atom. The summed E-state index contributed by atoms with van der Waals surface area (Å²) in [5.74, 6) is 0.0794. The predicted molar refractivity (Wildman–Crippen MR) is 89.9 cm³/mol. The molecule has 2 aromatic rings. The van der Waals surface area contributed by atoms with Gasteiger partial charge < -0.3 is 15.6 Å². The zero-order valence-corrected chi connectivity index (χ0v) is 12.6. The Morgan fingerprint density at radius 2 is 2.00 bits per heavy atom. The van der Waals surface area contributed by atoms with Crippen LogP contribution in [0.25, 0.3) is 17.2 Å². The molecule has 1 aliphatic rings. The van der Waals surface area contributed by atoms with Crippen LogP contribution in [0.5, 0.6) is 5.75 Å². The van der Waals surface area contributed by atoms with E-state index in [1.807, 2.05) is 42.5 Å². The summed E-state index contributed by atoms with van der Waals surface area (Å²) in [5.41, 5.74) is 9.38. The molecule has 0 aromatic heterocycles. The van der Waals surface area contributed by atoms with E-state index in [-0.39, 0.29) is 12.0 Å². The van der Waals surface area contributed by atoms with Crippen molar-refractivity contribution in [2.24, 2.45) is 10.7 Å². The van der Waals surface area contributed by atoms with Crippen LogP contribution in [-0.4, -0.2) is 24.0 Å². The van der Waals surface area contributed by atoms with Gasteiger partial charge in [-0.2, -0.15) is 0 Å². The van der Waals surface area contributed by atoms with Crippen LogP contribution in [-0.2, 0) is 4.79 Å². The minimum Gasteiger partial charge on any atom is -0.497 e. The van der Waals surface area contributed by atoms with Crippen LogP contribution in [0.4, 0.5) is 5.69 Å². The Morgan fingerprint density at radius 3 is 2.74 bits per heavy atom. The molecule has 5 heteroatoms. The van der Waals surface area contributed by atoms with Gasteiger partial charge in [-0.1, -0.05) is 18.2 Å². The van der Waals surface area contributed by atoms with Crippen LogP contribution in [0, 0.1) is 0 Å². The standard InChI is InChI=1S/C18H16N2O3/c1-23-15-4-2-3-11(9-15)12-5-6-16-13(7-12)8-14(18(21)22)10-17(19)20-16/h2-9H,10H2,1H3,(H2,19,20)(H,21,22). The van der Waals surface area contributed by atoms with Crippen LogP contribution in [0.2, 0.25) is 0 Å². The van der Waals surface area contributed by atoms with Gasteiger partial charge in [-0.15, -0.1) is 0 Å². The molecule has 23 heavy (non-hydrogen) atoms. The SMILES string of the molecule is COc1cccc(-c2ccc3c(c2)C=C(C(=O)O)CC(N)=N3)c1. The molecule has 0 aliphatic carbocycles. The van der Waals surface area contributed by atoms with Crippen LogP contribution in [0.3, 0.4) is 0 Å². The summed E-state index contributed by atoms with van der Waals surface area (Å²) in [6, 6.07) is 13.4. The maximum atomic E-state index is 11.3. The molecular weight excluding hydrogens is 292 g/mol. The highest BCUT2D eigenvalue weighted by atomic mass is 16.5. The number of aliphatic carboxylic acids is 1. The second-order valence-electron chi connectivity index (χ2n) is 5.26. The average Bonchev–Trinajstić information content (AvgIpc) is 2.72. The van der Waals surface area contributed by atoms with Crippen molar-refractivity contribution in [3.05, 3.63) is 53.6 Å². The molecule has 5 nitrogen and oxygen atoms in total. The Hall–Kier alpha value is -3.08. The molecule has 0 unspecified atom stereocenters. The highest BCUT2D eigenvalue weighted by Crippen LogP contribution is 2.32. The number of benzene rings is 2. The molecule has 0 saturated carbocycles. The molecule has 0 radical (unpaired) electrons. The van der Waals surface area contributed by atoms with E-state index in [4.69, 9.17) is 10.5 Å². The van der Waals surface area contributed by atoms with Gasteiger partial charge in [0.05, 0.1) is 12.8 Å². The number of hydrogen-bond donors (Lipinski definition) is 2. The smallest absolute Gasteiger partial charge is 0.332 e. The number of methoxy groups -OCH3 is 1. The first kappa shape index (κ1) is 14.8. The fourth-order valence-corrected chi connectivity index (χ4v) is 2.52. The van der Waals surface area contributed by atoms with Crippen molar-refractivity contribution in [3.8, 4) is 16.9 Å². The van der Waals surface area contributed by atoms with E-state index >= 15 is 0 Å². The number of fused-ring (bicyclic) bond motifs is 1. The van der Waals surface area contributed by atoms with E-state index in [2.05, 4.69) is 4.99 Å². The van der Waals surface area contributed by atoms with E-state index in [1.165, 1.54) is 0 Å². The van der Waals surface area contributed by atoms with Gasteiger partial charge in [-0.05, 0) is 41.5 Å². The van der Waals surface area contributed by atoms with Gasteiger partial charge in [0.25, 0.3) is 0 Å². The lowest BCUT2D eigenvalue weighted by Gasteiger charge is -2.07. The summed E-state index contributed by atoms with van der Waals surface area (Å²) in [4.78, 5) is 15.6. The second kappa shape index (κ2) is 5.96. The van der Waals surface area contributed by atoms with E-state index < -0.39 is 5.97 Å². The van der Waals surface area contributed by atoms with E-state index in [0.717, 1.165) is 22.4 Å². The fourth-order valence-electron chi connectivity index (χ4n) is 2.52. The minimum atomic E-state index is -0.984. The maximum absolute atomic E-state index is 11.3. The van der Waals surface area contributed by atoms with Crippen molar-refractivity contribution in [1.29, 1.82) is 0 Å². The largest absolute Gasteiger partial charge is 0.497 e. The predicted octanol–water partition coefficient (Wildman–Crippen LogP) is 3.22. The number of nitrogens with zero attached hydrogens (tertiary/aromatic N) is 1. The van der Waals surface area contributed by atoms with Crippen LogP contribution >= 0.6 is 0 Å². The Bertz CT molecular complexity index is 838. The first-order valence-corrected chi connectivity index (χ1v) is 7.12. The number of carboxylic acids is 1. The molecule has 1 heterocycles. The zero-order valence-electron chi connectivity index (χ0n) is 12.6. The molecule has 1 aliphatic heterocycles. The van der Waals surface area contributed by atoms with Crippen LogP contribution in [0.15, 0.2) is 53.0 Å². The summed E-state index contributed by atoms with van der Waals surface area (Å²) in [6.45, 7) is 0. The van der Waals surface area contributed by atoms with E-state index in [1.54, 1.807) is 13.2 Å². The lowest BCUT2D eigenvalue weighted by molar-refractivity contribution is -0.132. The molecular formula is C18H16N2O3. The third-order valence-electron chi connectivity index (χ3n) is 3.67. The Balaban J connectivity index is 2.11. The van der Waals surface area contributed by atoms with Gasteiger partial charge in [0, 0.05) is 17.6 Å². The topological polar surface area (TPSA) is 84.9 Å². The summed E-state index contributed by atoms with van der Waals surface area (Å²) in [5, 5.41) is 9.27. The summed E-state index contributed by atoms with van der Waals surface area (Å²) in [7, 11) is 1.62. The van der Waals surface area contributed by atoms with Crippen LogP contribution in [0.1, 0.15) is 12.0 Å². The van der Waals surface area contributed by atoms with Gasteiger partial charge in [0.2, 0.25) is 0 Å². The van der Waals surface area contributed by atoms with Crippen molar-refractivity contribution in [2.45, 2.75) is 6.42 Å². The number of carbonyl (C=O) groups is 1. The second-order valence-corrected chi connectivity index (χ2v) is 5.26. The third-order valence-corrected chi connectivity index (χ3v) is 3.67. The van der Waals surface area contributed by atoms with Crippen molar-refractivity contribution >= 4 is 23.6 Å². The summed E-state index contributed by atoms with van der Waals surface area (Å²) in [6.07, 6.45) is 1.77. The van der Waals surface area contributed by atoms with Crippen molar-refractivity contribution in [1.82, 2.24) is 0 Å². The Labute approximate surface area is 133 Å². The molecule has 0 amide bonds. The maximum Gasteiger partial charge on any atom is 0.332 e. The van der Waals surface area contributed by atoms with E-state index in [9.17, 15) is 9.90 Å². The van der Waals surface area contributed by atoms with Gasteiger partial charge >= 0.3 is 5.97 Å². The molecule has 0 bridgehead atoms. The highest BCUT2D eigenvalue weighted by Gasteiger charge is 2.15. The quantitative estimate of drug-likeness (QED) is 0.911. The van der Waals surface area contributed by atoms with Crippen molar-refractivity contribution in [2.75, 3.05) is 7.11 Å². The molecule has 3 N–H and O–H groups in total. The number of ether oxygens (including phenoxy) is 1. The molecule has 116 valence electrons. The first-order chi connectivity index (χ1) is 11.1. The lowest BCUT2D eigenvalue weighted by Crippen LogP contribution is -2.14. The molecule has 3 rings (SSSR count). The minimum absolute atomic E-state index is 0.137. The molecule has 0 atom stereocenters. The van der Waals surface area contributed by atoms with Gasteiger partial charge in [0.1, 0.15) is 11.6 Å². The lowest BCUT2D eigenvalue weighted by atomic mass is 10.0. The zero-order chi connectivity index (χ0) is 16.4. The van der Waals surface area contributed by atoms with Crippen LogP contribution < -0.4 is 10.5 Å². The van der Waals surface area contributed by atoms with Gasteiger partial charge in [0.15, 0.2) is 0 Å². The first-order valence-electron chi connectivity index (χ1n) is 7.12. The van der Waals surface area contributed by atoms with Crippen molar-refractivity contribution < 1.29 is 14.6 Å². The number of rotatable bonds is 3. The fraction of sp³-hybridized carbons (Fsp3) is 0.111. The number of aliphatic imine (C=N–C) groups is 1. The molecule has 2 aromatic carbocycles. The molecule has 0 fully saturated rings. The normalized spacial score (nSPS) is 13.4. The monoisotopic (exact) mass is 308 g/mol. The van der Waals surface area contributed by atoms with Crippen molar-refractivity contribution in [3.63, 3.8) is 0 Å². The number of hydrogen-bond acceptors (Lipinski definition) is 4. The Kier molecular flexibility index (Phi) is 3.85. The van der Waals surface area contributed by atoms with E-state index in [0.29, 0.717) is 11.5 Å². The third kappa shape index (κ3) is 3.08. The van der Waals surface area contributed by atoms with Gasteiger partial charge in [-0.3, -0.25) is 0 Å². The summed E-state index contributed by atoms with van der Waals surface area (Å²) < 4.78 is 5.24. The number of amidine groups is 1.